The van der Waals surface area contributed by atoms with Gasteiger partial charge in [-0.3, -0.25) is 19.8 Å². The monoisotopic (exact) mass is 553 g/mol. The molecule has 0 fully saturated rings. The van der Waals surface area contributed by atoms with E-state index in [1.165, 1.54) is 18.7 Å². The van der Waals surface area contributed by atoms with Crippen molar-refractivity contribution in [3.8, 4) is 0 Å². The maximum absolute atomic E-state index is 13.1. The van der Waals surface area contributed by atoms with Crippen molar-refractivity contribution in [2.75, 3.05) is 17.2 Å². The quantitative estimate of drug-likeness (QED) is 0.259. The molecule has 0 saturated heterocycles. The molecule has 6 N–H and O–H groups in total. The Hall–Kier alpha value is -4.07. The molecule has 38 heavy (non-hydrogen) atoms. The lowest BCUT2D eigenvalue weighted by atomic mass is 10.1. The third-order valence-corrected chi connectivity index (χ3v) is 6.22. The highest BCUT2D eigenvalue weighted by Gasteiger charge is 2.38. The maximum atomic E-state index is 13.1. The van der Waals surface area contributed by atoms with Crippen molar-refractivity contribution < 1.29 is 37.5 Å². The predicted molar refractivity (Wildman–Crippen MR) is 135 cm³/mol. The number of carboxylic acid groups (broad SMARTS) is 1. The smallest absolute Gasteiger partial charge is 0.475 e. The molecule has 14 heteroatoms. The number of nitrogens with zero attached hydrogens (tertiary/aromatic N) is 1. The number of thioether (sulfide) groups is 1. The number of hydrogen-bond acceptors (Lipinski definition) is 6. The maximum Gasteiger partial charge on any atom is 0.490 e. The van der Waals surface area contributed by atoms with E-state index in [4.69, 9.17) is 21.0 Å². The van der Waals surface area contributed by atoms with Crippen molar-refractivity contribution in [1.82, 2.24) is 10.6 Å². The van der Waals surface area contributed by atoms with Crippen molar-refractivity contribution >= 4 is 47.0 Å². The largest absolute Gasteiger partial charge is 0.490 e. The molecular formula is C24H26F3N5O5S. The van der Waals surface area contributed by atoms with Gasteiger partial charge < -0.3 is 26.4 Å². The Labute approximate surface area is 220 Å². The highest BCUT2D eigenvalue weighted by atomic mass is 32.2. The minimum Gasteiger partial charge on any atom is -0.475 e. The summed E-state index contributed by atoms with van der Waals surface area (Å²) in [6.45, 7) is 1.93. The van der Waals surface area contributed by atoms with Crippen LogP contribution >= 0.6 is 11.8 Å². The summed E-state index contributed by atoms with van der Waals surface area (Å²) < 4.78 is 31.7. The Morgan fingerprint density at radius 1 is 1.16 bits per heavy atom. The van der Waals surface area contributed by atoms with Crippen LogP contribution in [-0.2, 0) is 25.7 Å². The van der Waals surface area contributed by atoms with Crippen molar-refractivity contribution in [2.45, 2.75) is 37.0 Å². The van der Waals surface area contributed by atoms with Crippen LogP contribution in [0.4, 0.5) is 18.9 Å². The van der Waals surface area contributed by atoms with Crippen LogP contribution in [0.1, 0.15) is 24.5 Å². The summed E-state index contributed by atoms with van der Waals surface area (Å²) in [5.41, 5.74) is 7.70. The van der Waals surface area contributed by atoms with Crippen LogP contribution in [0.25, 0.3) is 0 Å². The normalized spacial score (nSPS) is 14.8. The molecule has 0 saturated carbocycles. The highest BCUT2D eigenvalue weighted by Crippen LogP contribution is 2.34. The number of hydrogen-bond donors (Lipinski definition) is 5. The van der Waals surface area contributed by atoms with Crippen LogP contribution in [0.5, 0.6) is 0 Å². The number of nitrogens with two attached hydrogens (primary N) is 1. The van der Waals surface area contributed by atoms with Crippen molar-refractivity contribution in [1.29, 1.82) is 5.41 Å². The number of nitrogens with one attached hydrogen (secondary N) is 3. The third-order valence-electron chi connectivity index (χ3n) is 5.06. The summed E-state index contributed by atoms with van der Waals surface area (Å²) in [6.07, 6.45) is -4.96. The van der Waals surface area contributed by atoms with Crippen LogP contribution in [0.2, 0.25) is 0 Å². The second-order valence-corrected chi connectivity index (χ2v) is 9.02. The standard InChI is InChI=1S/C22H25N5O3S.C2HF3O2/c1-14(28)26-17-13-31-19-5-3-2-4-18(19)27(22(17)30)11-10-20(29)25-12-15-6-8-16(9-7-15)21(23)24;3-2(4,5)1(6)7/h2-9,17H,10-13H2,1H3,(H3,23,24)(H,25,29)(H,26,28);(H,6,7)/t17-;/m1./s1. The molecule has 1 atom stereocenters. The molecule has 0 radical (unpaired) electrons. The van der Waals surface area contributed by atoms with Crippen LogP contribution in [0.3, 0.4) is 0 Å². The number of alkyl halides is 3. The van der Waals surface area contributed by atoms with Crippen LogP contribution in [0.15, 0.2) is 53.4 Å². The summed E-state index contributed by atoms with van der Waals surface area (Å²) in [5.74, 6) is -3.00. The zero-order chi connectivity index (χ0) is 28.5. The number of amidine groups is 1. The number of para-hydroxylation sites is 1. The zero-order valence-electron chi connectivity index (χ0n) is 20.2. The number of benzene rings is 2. The van der Waals surface area contributed by atoms with Gasteiger partial charge in [0, 0.05) is 42.6 Å². The fraction of sp³-hybridized carbons (Fsp3) is 0.292. The lowest BCUT2D eigenvalue weighted by Gasteiger charge is -2.25. The van der Waals surface area contributed by atoms with Gasteiger partial charge >= 0.3 is 12.1 Å². The molecule has 10 nitrogen and oxygen atoms in total. The number of halogens is 3. The Kier molecular flexibility index (Phi) is 10.7. The summed E-state index contributed by atoms with van der Waals surface area (Å²) in [4.78, 5) is 48.4. The van der Waals surface area contributed by atoms with Gasteiger partial charge in [0.25, 0.3) is 0 Å². The fourth-order valence-corrected chi connectivity index (χ4v) is 4.31. The van der Waals surface area contributed by atoms with Crippen LogP contribution in [0, 0.1) is 5.41 Å². The van der Waals surface area contributed by atoms with Crippen LogP contribution < -0.4 is 21.3 Å². The van der Waals surface area contributed by atoms with Crippen molar-refractivity contribution in [2.24, 2.45) is 5.73 Å². The van der Waals surface area contributed by atoms with E-state index in [0.29, 0.717) is 17.9 Å². The number of carboxylic acids is 1. The average molecular weight is 554 g/mol. The van der Waals surface area contributed by atoms with E-state index in [2.05, 4.69) is 10.6 Å². The molecule has 1 heterocycles. The molecule has 0 spiro atoms. The lowest BCUT2D eigenvalue weighted by molar-refractivity contribution is -0.192. The Morgan fingerprint density at radius 3 is 2.32 bits per heavy atom. The molecular weight excluding hydrogens is 527 g/mol. The molecule has 1 aliphatic heterocycles. The summed E-state index contributed by atoms with van der Waals surface area (Å²) in [6, 6.07) is 14.0. The number of rotatable bonds is 7. The summed E-state index contributed by atoms with van der Waals surface area (Å²) in [5, 5.41) is 20.1. The molecule has 1 aliphatic rings. The van der Waals surface area contributed by atoms with Gasteiger partial charge in [0.05, 0.1) is 5.69 Å². The number of carbonyl (C=O) groups is 4. The molecule has 0 aliphatic carbocycles. The number of fused-ring (bicyclic) bond motifs is 1. The molecule has 2 aromatic carbocycles. The SMILES string of the molecule is CC(=O)N[C@@H]1CSc2ccccc2N(CCC(=O)NCc2ccc(C(=N)N)cc2)C1=O.O=C(O)C(F)(F)F. The first-order valence-corrected chi connectivity index (χ1v) is 12.1. The first-order chi connectivity index (χ1) is 17.8. The van der Waals surface area contributed by atoms with E-state index >= 15 is 0 Å². The van der Waals surface area contributed by atoms with E-state index in [9.17, 15) is 27.6 Å². The number of amides is 3. The highest BCUT2D eigenvalue weighted by molar-refractivity contribution is 7.99. The van der Waals surface area contributed by atoms with Gasteiger partial charge in [-0.25, -0.2) is 4.79 Å². The van der Waals surface area contributed by atoms with Gasteiger partial charge in [0.15, 0.2) is 0 Å². The average Bonchev–Trinajstić information content (AvgIpc) is 2.97. The van der Waals surface area contributed by atoms with Gasteiger partial charge in [0.1, 0.15) is 11.9 Å². The lowest BCUT2D eigenvalue weighted by Crippen LogP contribution is -2.49. The second kappa shape index (κ2) is 13.5. The van der Waals surface area contributed by atoms with E-state index < -0.39 is 18.2 Å². The van der Waals surface area contributed by atoms with Gasteiger partial charge in [-0.2, -0.15) is 13.2 Å². The predicted octanol–water partition coefficient (Wildman–Crippen LogP) is 2.25. The Balaban J connectivity index is 0.000000638. The Bertz CT molecular complexity index is 1190. The van der Waals surface area contributed by atoms with E-state index in [1.54, 1.807) is 29.2 Å². The van der Waals surface area contributed by atoms with Gasteiger partial charge in [-0.05, 0) is 17.7 Å². The van der Waals surface area contributed by atoms with E-state index in [0.717, 1.165) is 16.1 Å². The number of aliphatic carboxylic acids is 1. The molecule has 0 aromatic heterocycles. The number of carbonyl (C=O) groups excluding carboxylic acids is 3. The summed E-state index contributed by atoms with van der Waals surface area (Å²) in [7, 11) is 0. The fourth-order valence-electron chi connectivity index (χ4n) is 3.24. The second-order valence-electron chi connectivity index (χ2n) is 7.96. The van der Waals surface area contributed by atoms with E-state index in [1.807, 2.05) is 24.3 Å². The molecule has 204 valence electrons. The zero-order valence-corrected chi connectivity index (χ0v) is 21.0. The topological polar surface area (TPSA) is 166 Å². The summed E-state index contributed by atoms with van der Waals surface area (Å²) >= 11 is 1.51. The molecule has 3 amide bonds. The van der Waals surface area contributed by atoms with E-state index in [-0.39, 0.29) is 36.5 Å². The minimum absolute atomic E-state index is 0.00582. The molecule has 0 unspecified atom stereocenters. The third kappa shape index (κ3) is 9.10. The number of nitrogen functional groups attached to an aromatic ring is 1. The first kappa shape index (κ1) is 30.2. The molecule has 2 aromatic rings. The Morgan fingerprint density at radius 2 is 1.76 bits per heavy atom. The molecule has 3 rings (SSSR count). The number of anilines is 1. The first-order valence-electron chi connectivity index (χ1n) is 11.1. The van der Waals surface area contributed by atoms with Gasteiger partial charge in [-0.1, -0.05) is 36.4 Å². The molecule has 0 bridgehead atoms. The van der Waals surface area contributed by atoms with Gasteiger partial charge in [0.2, 0.25) is 17.7 Å². The van der Waals surface area contributed by atoms with Crippen molar-refractivity contribution in [3.63, 3.8) is 0 Å². The minimum atomic E-state index is -5.08. The van der Waals surface area contributed by atoms with Crippen LogP contribution in [-0.4, -0.2) is 59.1 Å². The van der Waals surface area contributed by atoms with Gasteiger partial charge in [-0.15, -0.1) is 11.8 Å². The van der Waals surface area contributed by atoms with Crippen molar-refractivity contribution in [3.05, 3.63) is 59.7 Å².